The van der Waals surface area contributed by atoms with Crippen molar-refractivity contribution >= 4 is 29.5 Å². The summed E-state index contributed by atoms with van der Waals surface area (Å²) in [6, 6.07) is 12.5. The molecule has 0 radical (unpaired) electrons. The highest BCUT2D eigenvalue weighted by Crippen LogP contribution is 2.23. The lowest BCUT2D eigenvalue weighted by Crippen LogP contribution is -2.31. The molecule has 0 spiro atoms. The van der Waals surface area contributed by atoms with Gasteiger partial charge in [0, 0.05) is 17.5 Å². The normalized spacial score (nSPS) is 10.5. The molecule has 154 valence electrons. The summed E-state index contributed by atoms with van der Waals surface area (Å²) in [4.78, 5) is 36.7. The topological polar surface area (TPSA) is 84.5 Å². The first-order chi connectivity index (χ1) is 13.8. The maximum Gasteiger partial charge on any atom is 0.339 e. The molecular weight excluding hydrogens is 395 g/mol. The highest BCUT2D eigenvalue weighted by Gasteiger charge is 2.15. The van der Waals surface area contributed by atoms with Gasteiger partial charge in [-0.2, -0.15) is 0 Å². The van der Waals surface area contributed by atoms with Crippen LogP contribution in [0, 0.1) is 5.82 Å². The number of nitrogens with one attached hydrogen (secondary N) is 2. The number of carbonyl (C=O) groups excluding carboxylic acids is 3. The summed E-state index contributed by atoms with van der Waals surface area (Å²) in [5.74, 6) is -1.43. The number of halogens is 1. The zero-order valence-electron chi connectivity index (χ0n) is 16.2. The van der Waals surface area contributed by atoms with E-state index in [-0.39, 0.29) is 30.1 Å². The van der Waals surface area contributed by atoms with E-state index in [0.717, 1.165) is 5.56 Å². The number of thioether (sulfide) groups is 1. The second-order valence-electron chi connectivity index (χ2n) is 6.49. The van der Waals surface area contributed by atoms with Gasteiger partial charge in [0.15, 0.2) is 6.61 Å². The van der Waals surface area contributed by atoms with E-state index in [1.54, 1.807) is 36.4 Å². The van der Waals surface area contributed by atoms with E-state index >= 15 is 0 Å². The SMILES string of the molecule is CC(C)NC(=O)CSc1ccccc1C(=O)OCC(=O)NCc1ccc(F)cc1. The van der Waals surface area contributed by atoms with Gasteiger partial charge in [0.05, 0.1) is 11.3 Å². The van der Waals surface area contributed by atoms with Crippen LogP contribution in [0.25, 0.3) is 0 Å². The van der Waals surface area contributed by atoms with Crippen LogP contribution in [-0.4, -0.2) is 36.2 Å². The van der Waals surface area contributed by atoms with Gasteiger partial charge in [-0.25, -0.2) is 9.18 Å². The Hall–Kier alpha value is -2.87. The molecule has 0 unspecified atom stereocenters. The molecular formula is C21H23FN2O4S. The summed E-state index contributed by atoms with van der Waals surface area (Å²) >= 11 is 1.22. The molecule has 29 heavy (non-hydrogen) atoms. The lowest BCUT2D eigenvalue weighted by atomic mass is 10.2. The van der Waals surface area contributed by atoms with Gasteiger partial charge in [-0.3, -0.25) is 9.59 Å². The number of rotatable bonds is 9. The molecule has 2 rings (SSSR count). The Kier molecular flexibility index (Phi) is 8.67. The van der Waals surface area contributed by atoms with Crippen LogP contribution < -0.4 is 10.6 Å². The molecule has 0 atom stereocenters. The molecule has 2 amide bonds. The fourth-order valence-electron chi connectivity index (χ4n) is 2.33. The van der Waals surface area contributed by atoms with Crippen LogP contribution in [0.3, 0.4) is 0 Å². The number of esters is 1. The van der Waals surface area contributed by atoms with Crippen LogP contribution in [0.2, 0.25) is 0 Å². The van der Waals surface area contributed by atoms with E-state index in [0.29, 0.717) is 10.5 Å². The molecule has 0 heterocycles. The number of benzene rings is 2. The van der Waals surface area contributed by atoms with Gasteiger partial charge >= 0.3 is 5.97 Å². The number of ether oxygens (including phenoxy) is 1. The molecule has 0 fully saturated rings. The van der Waals surface area contributed by atoms with Crippen LogP contribution in [0.4, 0.5) is 4.39 Å². The van der Waals surface area contributed by atoms with E-state index in [9.17, 15) is 18.8 Å². The van der Waals surface area contributed by atoms with Crippen molar-refractivity contribution < 1.29 is 23.5 Å². The summed E-state index contributed by atoms with van der Waals surface area (Å²) in [7, 11) is 0. The largest absolute Gasteiger partial charge is 0.452 e. The molecule has 0 saturated heterocycles. The number of hydrogen-bond acceptors (Lipinski definition) is 5. The molecule has 0 aromatic heterocycles. The first kappa shape index (κ1) is 22.4. The molecule has 2 aromatic carbocycles. The van der Waals surface area contributed by atoms with Crippen LogP contribution in [0.1, 0.15) is 29.8 Å². The first-order valence-electron chi connectivity index (χ1n) is 9.04. The van der Waals surface area contributed by atoms with Crippen LogP contribution in [-0.2, 0) is 20.9 Å². The average Bonchev–Trinajstić information content (AvgIpc) is 2.69. The predicted octanol–water partition coefficient (Wildman–Crippen LogP) is 2.92. The molecule has 8 heteroatoms. The molecule has 0 aliphatic rings. The van der Waals surface area contributed by atoms with Crippen molar-refractivity contribution in [2.24, 2.45) is 0 Å². The molecule has 0 aliphatic heterocycles. The van der Waals surface area contributed by atoms with Crippen LogP contribution in [0.15, 0.2) is 53.4 Å². The molecule has 2 N–H and O–H groups in total. The lowest BCUT2D eigenvalue weighted by molar-refractivity contribution is -0.124. The smallest absolute Gasteiger partial charge is 0.339 e. The summed E-state index contributed by atoms with van der Waals surface area (Å²) in [5.41, 5.74) is 1.02. The summed E-state index contributed by atoms with van der Waals surface area (Å²) in [5, 5.41) is 5.38. The Bertz CT molecular complexity index is 856. The second-order valence-corrected chi connectivity index (χ2v) is 7.50. The van der Waals surface area contributed by atoms with Gasteiger partial charge in [0.2, 0.25) is 5.91 Å². The minimum Gasteiger partial charge on any atom is -0.452 e. The molecule has 6 nitrogen and oxygen atoms in total. The third-order valence-electron chi connectivity index (χ3n) is 3.65. The first-order valence-corrected chi connectivity index (χ1v) is 10.0. The zero-order valence-corrected chi connectivity index (χ0v) is 17.1. The zero-order chi connectivity index (χ0) is 21.2. The van der Waals surface area contributed by atoms with Gasteiger partial charge in [-0.15, -0.1) is 11.8 Å². The Morgan fingerprint density at radius 2 is 1.72 bits per heavy atom. The maximum absolute atomic E-state index is 12.9. The predicted molar refractivity (Wildman–Crippen MR) is 109 cm³/mol. The summed E-state index contributed by atoms with van der Waals surface area (Å²) < 4.78 is 18.0. The van der Waals surface area contributed by atoms with Gasteiger partial charge in [0.1, 0.15) is 5.82 Å². The van der Waals surface area contributed by atoms with Gasteiger partial charge in [-0.1, -0.05) is 24.3 Å². The van der Waals surface area contributed by atoms with Crippen molar-refractivity contribution in [3.05, 3.63) is 65.5 Å². The van der Waals surface area contributed by atoms with E-state index < -0.39 is 18.5 Å². The average molecular weight is 418 g/mol. The molecule has 0 aliphatic carbocycles. The minimum absolute atomic E-state index is 0.0386. The standard InChI is InChI=1S/C21H23FN2O4S/c1-14(2)24-20(26)13-29-18-6-4-3-5-17(18)21(27)28-12-19(25)23-11-15-7-9-16(22)10-8-15/h3-10,14H,11-13H2,1-2H3,(H,23,25)(H,24,26). The lowest BCUT2D eigenvalue weighted by Gasteiger charge is -2.11. The quantitative estimate of drug-likeness (QED) is 0.483. The Balaban J connectivity index is 1.84. The molecule has 0 saturated carbocycles. The van der Waals surface area contributed by atoms with Gasteiger partial charge in [0.25, 0.3) is 5.91 Å². The Morgan fingerprint density at radius 1 is 1.03 bits per heavy atom. The van der Waals surface area contributed by atoms with Crippen molar-refractivity contribution in [2.45, 2.75) is 31.3 Å². The highest BCUT2D eigenvalue weighted by molar-refractivity contribution is 8.00. The van der Waals surface area contributed by atoms with Gasteiger partial charge < -0.3 is 15.4 Å². The Labute approximate surface area is 173 Å². The second kappa shape index (κ2) is 11.2. The van der Waals surface area contributed by atoms with E-state index in [4.69, 9.17) is 4.74 Å². The third-order valence-corrected chi connectivity index (χ3v) is 4.73. The monoisotopic (exact) mass is 418 g/mol. The summed E-state index contributed by atoms with van der Waals surface area (Å²) in [6.45, 7) is 3.50. The molecule has 0 bridgehead atoms. The van der Waals surface area contributed by atoms with E-state index in [2.05, 4.69) is 10.6 Å². The van der Waals surface area contributed by atoms with Crippen molar-refractivity contribution in [3.8, 4) is 0 Å². The number of amides is 2. The van der Waals surface area contributed by atoms with E-state index in [1.165, 1.54) is 23.9 Å². The van der Waals surface area contributed by atoms with Crippen molar-refractivity contribution in [3.63, 3.8) is 0 Å². The number of hydrogen-bond donors (Lipinski definition) is 2. The van der Waals surface area contributed by atoms with Crippen molar-refractivity contribution in [1.29, 1.82) is 0 Å². The van der Waals surface area contributed by atoms with Crippen LogP contribution >= 0.6 is 11.8 Å². The fourth-order valence-corrected chi connectivity index (χ4v) is 3.18. The fraction of sp³-hybridized carbons (Fsp3) is 0.286. The maximum atomic E-state index is 12.9. The minimum atomic E-state index is -0.644. The third kappa shape index (κ3) is 7.95. The van der Waals surface area contributed by atoms with Crippen LogP contribution in [0.5, 0.6) is 0 Å². The van der Waals surface area contributed by atoms with Crippen molar-refractivity contribution in [1.82, 2.24) is 10.6 Å². The van der Waals surface area contributed by atoms with E-state index in [1.807, 2.05) is 13.8 Å². The highest BCUT2D eigenvalue weighted by atomic mass is 32.2. The van der Waals surface area contributed by atoms with Crippen molar-refractivity contribution in [2.75, 3.05) is 12.4 Å². The molecule has 2 aromatic rings. The number of carbonyl (C=O) groups is 3. The van der Waals surface area contributed by atoms with Gasteiger partial charge in [-0.05, 0) is 43.7 Å². The summed E-state index contributed by atoms with van der Waals surface area (Å²) in [6.07, 6.45) is 0. The Morgan fingerprint density at radius 3 is 2.41 bits per heavy atom.